The van der Waals surface area contributed by atoms with Crippen molar-refractivity contribution < 1.29 is 13.9 Å². The van der Waals surface area contributed by atoms with Crippen molar-refractivity contribution in [3.05, 3.63) is 41.3 Å². The summed E-state index contributed by atoms with van der Waals surface area (Å²) in [4.78, 5) is 15.7. The average Bonchev–Trinajstić information content (AvgIpc) is 3.09. The zero-order valence-electron chi connectivity index (χ0n) is 9.02. The highest BCUT2D eigenvalue weighted by Crippen LogP contribution is 2.34. The van der Waals surface area contributed by atoms with E-state index in [0.717, 1.165) is 18.4 Å². The Morgan fingerprint density at radius 2 is 2.00 bits per heavy atom. The first-order chi connectivity index (χ1) is 8.22. The minimum Gasteiger partial charge on any atom is -0.406 e. The van der Waals surface area contributed by atoms with E-state index in [1.54, 1.807) is 18.2 Å². The molecule has 17 heavy (non-hydrogen) atoms. The Hall–Kier alpha value is -1.97. The first kappa shape index (κ1) is 10.2. The van der Waals surface area contributed by atoms with Gasteiger partial charge in [0.1, 0.15) is 5.82 Å². The molecule has 86 valence electrons. The summed E-state index contributed by atoms with van der Waals surface area (Å²) >= 11 is 0. The lowest BCUT2D eigenvalue weighted by atomic mass is 10.2. The molecule has 0 amide bonds. The number of halogens is 1. The highest BCUT2D eigenvalue weighted by Gasteiger charge is 2.35. The maximum atomic E-state index is 12.7. The van der Waals surface area contributed by atoms with Gasteiger partial charge in [0, 0.05) is 5.92 Å². The number of cyclic esters (lactones) is 1. The molecule has 1 aromatic rings. The van der Waals surface area contributed by atoms with E-state index in [4.69, 9.17) is 4.74 Å². The summed E-state index contributed by atoms with van der Waals surface area (Å²) in [6.07, 6.45) is 3.68. The van der Waals surface area contributed by atoms with Crippen molar-refractivity contribution in [2.24, 2.45) is 10.9 Å². The summed E-state index contributed by atoms with van der Waals surface area (Å²) in [5.41, 5.74) is 1.03. The van der Waals surface area contributed by atoms with Gasteiger partial charge in [-0.15, -0.1) is 0 Å². The minimum absolute atomic E-state index is 0.290. The fourth-order valence-corrected chi connectivity index (χ4v) is 1.65. The van der Waals surface area contributed by atoms with Gasteiger partial charge in [0.05, 0.1) is 0 Å². The van der Waals surface area contributed by atoms with E-state index < -0.39 is 5.97 Å². The molecule has 0 unspecified atom stereocenters. The van der Waals surface area contributed by atoms with Gasteiger partial charge >= 0.3 is 5.97 Å². The zero-order valence-corrected chi connectivity index (χ0v) is 9.02. The molecule has 1 fully saturated rings. The third-order valence-electron chi connectivity index (χ3n) is 2.74. The SMILES string of the molecule is O=C1OC(C2CC2)=N/C1=C/c1ccc(F)cc1. The lowest BCUT2D eigenvalue weighted by Crippen LogP contribution is -2.05. The fourth-order valence-electron chi connectivity index (χ4n) is 1.65. The molecule has 0 spiro atoms. The molecule has 0 atom stereocenters. The Morgan fingerprint density at radius 3 is 2.65 bits per heavy atom. The Balaban J connectivity index is 1.87. The summed E-state index contributed by atoms with van der Waals surface area (Å²) in [5.74, 6) is 0.126. The molecule has 3 rings (SSSR count). The normalized spacial score (nSPS) is 21.6. The van der Waals surface area contributed by atoms with Crippen LogP contribution in [0, 0.1) is 11.7 Å². The largest absolute Gasteiger partial charge is 0.406 e. The summed E-state index contributed by atoms with van der Waals surface area (Å²) in [5, 5.41) is 0. The van der Waals surface area contributed by atoms with Crippen molar-refractivity contribution in [1.29, 1.82) is 0 Å². The van der Waals surface area contributed by atoms with Gasteiger partial charge in [0.25, 0.3) is 0 Å². The van der Waals surface area contributed by atoms with Crippen LogP contribution in [0.3, 0.4) is 0 Å². The number of rotatable bonds is 2. The first-order valence-electron chi connectivity index (χ1n) is 5.50. The molecule has 0 bridgehead atoms. The van der Waals surface area contributed by atoms with Crippen molar-refractivity contribution in [2.45, 2.75) is 12.8 Å². The quantitative estimate of drug-likeness (QED) is 0.579. The maximum absolute atomic E-state index is 12.7. The third kappa shape index (κ3) is 2.11. The van der Waals surface area contributed by atoms with Crippen molar-refractivity contribution >= 4 is 17.9 Å². The van der Waals surface area contributed by atoms with E-state index >= 15 is 0 Å². The molecule has 0 N–H and O–H groups in total. The van der Waals surface area contributed by atoms with Crippen LogP contribution in [0.25, 0.3) is 6.08 Å². The van der Waals surface area contributed by atoms with E-state index in [9.17, 15) is 9.18 Å². The molecular formula is C13H10FNO2. The number of aliphatic imine (C=N–C) groups is 1. The van der Waals surface area contributed by atoms with Gasteiger partial charge in [-0.1, -0.05) is 12.1 Å². The number of hydrogen-bond acceptors (Lipinski definition) is 3. The van der Waals surface area contributed by atoms with Gasteiger partial charge in [-0.3, -0.25) is 0 Å². The Bertz CT molecular complexity index is 527. The smallest absolute Gasteiger partial charge is 0.363 e. The molecule has 1 aliphatic carbocycles. The topological polar surface area (TPSA) is 38.7 Å². The van der Waals surface area contributed by atoms with Crippen molar-refractivity contribution in [3.63, 3.8) is 0 Å². The van der Waals surface area contributed by atoms with E-state index in [0.29, 0.717) is 17.5 Å². The number of benzene rings is 1. The molecule has 1 heterocycles. The third-order valence-corrected chi connectivity index (χ3v) is 2.74. The number of carbonyl (C=O) groups is 1. The molecule has 3 nitrogen and oxygen atoms in total. The Labute approximate surface area is 97.6 Å². The molecule has 0 radical (unpaired) electrons. The number of esters is 1. The van der Waals surface area contributed by atoms with Crippen LogP contribution in [0.2, 0.25) is 0 Å². The van der Waals surface area contributed by atoms with Gasteiger partial charge < -0.3 is 4.74 Å². The highest BCUT2D eigenvalue weighted by molar-refractivity contribution is 6.08. The number of hydrogen-bond donors (Lipinski definition) is 0. The number of carbonyl (C=O) groups excluding carboxylic acids is 1. The van der Waals surface area contributed by atoms with E-state index in [2.05, 4.69) is 4.99 Å². The molecule has 4 heteroatoms. The van der Waals surface area contributed by atoms with Gasteiger partial charge in [-0.2, -0.15) is 0 Å². The predicted molar refractivity (Wildman–Crippen MR) is 60.6 cm³/mol. The average molecular weight is 231 g/mol. The monoisotopic (exact) mass is 231 g/mol. The van der Waals surface area contributed by atoms with Crippen molar-refractivity contribution in [3.8, 4) is 0 Å². The van der Waals surface area contributed by atoms with Crippen LogP contribution in [0.1, 0.15) is 18.4 Å². The molecule has 0 aromatic heterocycles. The predicted octanol–water partition coefficient (Wildman–Crippen LogP) is 2.53. The van der Waals surface area contributed by atoms with Crippen molar-refractivity contribution in [2.75, 3.05) is 0 Å². The van der Waals surface area contributed by atoms with Gasteiger partial charge in [0.15, 0.2) is 5.70 Å². The lowest BCUT2D eigenvalue weighted by molar-refractivity contribution is -0.130. The first-order valence-corrected chi connectivity index (χ1v) is 5.50. The second kappa shape index (κ2) is 3.80. The van der Waals surface area contributed by atoms with Crippen LogP contribution in [-0.4, -0.2) is 11.9 Å². The second-order valence-electron chi connectivity index (χ2n) is 4.19. The number of ether oxygens (including phenoxy) is 1. The van der Waals surface area contributed by atoms with E-state index in [1.165, 1.54) is 12.1 Å². The zero-order chi connectivity index (χ0) is 11.8. The lowest BCUT2D eigenvalue weighted by Gasteiger charge is -1.94. The van der Waals surface area contributed by atoms with Crippen LogP contribution >= 0.6 is 0 Å². The Kier molecular flexibility index (Phi) is 2.28. The van der Waals surface area contributed by atoms with Crippen LogP contribution in [-0.2, 0) is 9.53 Å². The molecule has 2 aliphatic rings. The Morgan fingerprint density at radius 1 is 1.29 bits per heavy atom. The van der Waals surface area contributed by atoms with Gasteiger partial charge in [-0.25, -0.2) is 14.2 Å². The molecule has 1 aromatic carbocycles. The molecule has 0 saturated heterocycles. The van der Waals surface area contributed by atoms with Crippen molar-refractivity contribution in [1.82, 2.24) is 0 Å². The van der Waals surface area contributed by atoms with E-state index in [-0.39, 0.29) is 5.82 Å². The van der Waals surface area contributed by atoms with Crippen LogP contribution in [0.5, 0.6) is 0 Å². The number of nitrogens with zero attached hydrogens (tertiary/aromatic N) is 1. The fraction of sp³-hybridized carbons (Fsp3) is 0.231. The summed E-state index contributed by atoms with van der Waals surface area (Å²) in [7, 11) is 0. The van der Waals surface area contributed by atoms with Gasteiger partial charge in [-0.05, 0) is 36.6 Å². The van der Waals surface area contributed by atoms with Crippen LogP contribution in [0.4, 0.5) is 4.39 Å². The standard InChI is InChI=1S/C13H10FNO2/c14-10-5-1-8(2-6-10)7-11-13(16)17-12(15-11)9-3-4-9/h1-2,5-7,9H,3-4H2/b11-7+. The van der Waals surface area contributed by atoms with Crippen LogP contribution < -0.4 is 0 Å². The molecule has 1 aliphatic heterocycles. The highest BCUT2D eigenvalue weighted by atomic mass is 19.1. The minimum atomic E-state index is -0.420. The summed E-state index contributed by atoms with van der Waals surface area (Å²) in [6.45, 7) is 0. The molecular weight excluding hydrogens is 221 g/mol. The second-order valence-corrected chi connectivity index (χ2v) is 4.19. The molecule has 1 saturated carbocycles. The summed E-state index contributed by atoms with van der Waals surface area (Å²) < 4.78 is 17.8. The maximum Gasteiger partial charge on any atom is 0.363 e. The van der Waals surface area contributed by atoms with Crippen LogP contribution in [0.15, 0.2) is 35.0 Å². The summed E-state index contributed by atoms with van der Waals surface area (Å²) in [6, 6.07) is 5.89. The van der Waals surface area contributed by atoms with E-state index in [1.807, 2.05) is 0 Å². The van der Waals surface area contributed by atoms with Gasteiger partial charge in [0.2, 0.25) is 5.90 Å².